The second-order valence-corrected chi connectivity index (χ2v) is 6.84. The minimum absolute atomic E-state index is 0.0161. The Morgan fingerprint density at radius 1 is 1.20 bits per heavy atom. The molecule has 5 nitrogen and oxygen atoms in total. The largest absolute Gasteiger partial charge is 0.269 e. The smallest absolute Gasteiger partial charge is 0.258 e. The molecule has 0 atom stereocenters. The molecule has 0 aliphatic rings. The molecule has 3 aromatic rings. The van der Waals surface area contributed by atoms with E-state index in [9.17, 15) is 15.4 Å². The van der Waals surface area contributed by atoms with Gasteiger partial charge in [-0.15, -0.1) is 11.3 Å². The van der Waals surface area contributed by atoms with Crippen molar-refractivity contribution in [1.29, 1.82) is 5.26 Å². The lowest BCUT2D eigenvalue weighted by atomic mass is 10.1. The fraction of sp³-hybridized carbons (Fsp3) is 0. The van der Waals surface area contributed by atoms with E-state index in [1.54, 1.807) is 18.2 Å². The molecule has 0 saturated carbocycles. The first kappa shape index (κ1) is 17.0. The summed E-state index contributed by atoms with van der Waals surface area (Å²) in [6.45, 7) is 0. The van der Waals surface area contributed by atoms with Crippen molar-refractivity contribution < 1.29 is 4.92 Å². The number of nitro groups is 1. The molecule has 0 N–H and O–H groups in total. The van der Waals surface area contributed by atoms with Gasteiger partial charge in [-0.2, -0.15) is 5.26 Å². The highest BCUT2D eigenvalue weighted by Gasteiger charge is 2.10. The Balaban J connectivity index is 1.90. The summed E-state index contributed by atoms with van der Waals surface area (Å²) < 4.78 is 0.988. The maximum absolute atomic E-state index is 10.7. The Morgan fingerprint density at radius 3 is 2.48 bits per heavy atom. The van der Waals surface area contributed by atoms with Gasteiger partial charge in [-0.25, -0.2) is 4.98 Å². The second-order valence-electron chi connectivity index (χ2n) is 5.06. The van der Waals surface area contributed by atoms with E-state index < -0.39 is 4.92 Å². The van der Waals surface area contributed by atoms with Crippen molar-refractivity contribution in [2.75, 3.05) is 0 Å². The highest BCUT2D eigenvalue weighted by molar-refractivity contribution is 9.10. The van der Waals surface area contributed by atoms with Crippen LogP contribution in [0.1, 0.15) is 10.6 Å². The van der Waals surface area contributed by atoms with E-state index in [0.717, 1.165) is 15.7 Å². The number of hydrogen-bond donors (Lipinski definition) is 0. The topological polar surface area (TPSA) is 79.8 Å². The summed E-state index contributed by atoms with van der Waals surface area (Å²) in [5.74, 6) is 0. The van der Waals surface area contributed by atoms with Crippen LogP contribution in [0, 0.1) is 21.4 Å². The number of nitro benzene ring substituents is 1. The van der Waals surface area contributed by atoms with Crippen LogP contribution in [-0.4, -0.2) is 9.91 Å². The van der Waals surface area contributed by atoms with Gasteiger partial charge in [-0.05, 0) is 35.9 Å². The van der Waals surface area contributed by atoms with Crippen LogP contribution in [0.3, 0.4) is 0 Å². The Morgan fingerprint density at radius 2 is 1.88 bits per heavy atom. The first-order chi connectivity index (χ1) is 12.1. The van der Waals surface area contributed by atoms with E-state index in [-0.39, 0.29) is 5.69 Å². The number of nitriles is 1. The average molecular weight is 412 g/mol. The van der Waals surface area contributed by atoms with E-state index in [1.807, 2.05) is 29.6 Å². The van der Waals surface area contributed by atoms with Gasteiger partial charge in [-0.3, -0.25) is 10.1 Å². The molecule has 0 bridgehead atoms. The number of rotatable bonds is 4. The molecule has 7 heteroatoms. The van der Waals surface area contributed by atoms with Gasteiger partial charge in [0, 0.05) is 27.5 Å². The monoisotopic (exact) mass is 411 g/mol. The van der Waals surface area contributed by atoms with Crippen LogP contribution in [0.15, 0.2) is 58.4 Å². The molecule has 1 heterocycles. The van der Waals surface area contributed by atoms with Gasteiger partial charge in [-0.1, -0.05) is 28.1 Å². The lowest BCUT2D eigenvalue weighted by Gasteiger charge is -1.97. The zero-order valence-electron chi connectivity index (χ0n) is 12.7. The van der Waals surface area contributed by atoms with Crippen molar-refractivity contribution in [2.45, 2.75) is 0 Å². The standard InChI is InChI=1S/C18H10BrN3O2S/c19-15-5-3-13(4-6-15)17-11-25-18(21-17)14(10-20)9-12-1-7-16(8-2-12)22(23)24/h1-9,11H/b14-9+. The molecule has 0 aliphatic carbocycles. The molecule has 0 spiro atoms. The lowest BCUT2D eigenvalue weighted by Crippen LogP contribution is -1.87. The minimum Gasteiger partial charge on any atom is -0.258 e. The van der Waals surface area contributed by atoms with E-state index in [4.69, 9.17) is 0 Å². The molecule has 0 radical (unpaired) electrons. The van der Waals surface area contributed by atoms with Crippen LogP contribution in [0.2, 0.25) is 0 Å². The van der Waals surface area contributed by atoms with E-state index in [1.165, 1.54) is 23.5 Å². The Hall–Kier alpha value is -2.82. The fourth-order valence-electron chi connectivity index (χ4n) is 2.15. The van der Waals surface area contributed by atoms with Crippen LogP contribution < -0.4 is 0 Å². The average Bonchev–Trinajstić information content (AvgIpc) is 3.10. The SMILES string of the molecule is N#C/C(=C\c1ccc([N+](=O)[O-])cc1)c1nc(-c2ccc(Br)cc2)cs1. The molecule has 1 aromatic heterocycles. The fourth-order valence-corrected chi connectivity index (χ4v) is 3.21. The Bertz CT molecular complexity index is 986. The number of nitrogens with zero attached hydrogens (tertiary/aromatic N) is 3. The van der Waals surface area contributed by atoms with E-state index in [2.05, 4.69) is 27.0 Å². The van der Waals surface area contributed by atoms with Gasteiger partial charge in [0.15, 0.2) is 0 Å². The number of halogens is 1. The Kier molecular flexibility index (Phi) is 5.03. The predicted molar refractivity (Wildman–Crippen MR) is 102 cm³/mol. The van der Waals surface area contributed by atoms with Crippen molar-refractivity contribution in [3.05, 3.63) is 79.1 Å². The number of non-ortho nitro benzene ring substituents is 1. The lowest BCUT2D eigenvalue weighted by molar-refractivity contribution is -0.384. The zero-order chi connectivity index (χ0) is 17.8. The molecule has 0 unspecified atom stereocenters. The quantitative estimate of drug-likeness (QED) is 0.320. The van der Waals surface area contributed by atoms with Crippen molar-refractivity contribution in [3.63, 3.8) is 0 Å². The summed E-state index contributed by atoms with van der Waals surface area (Å²) in [4.78, 5) is 14.8. The third-order valence-corrected chi connectivity index (χ3v) is 4.81. The molecule has 0 fully saturated rings. The van der Waals surface area contributed by atoms with Gasteiger partial charge in [0.05, 0.1) is 16.2 Å². The van der Waals surface area contributed by atoms with Gasteiger partial charge in [0.2, 0.25) is 0 Å². The van der Waals surface area contributed by atoms with Gasteiger partial charge in [0.1, 0.15) is 11.1 Å². The number of hydrogen-bond acceptors (Lipinski definition) is 5. The second kappa shape index (κ2) is 7.38. The van der Waals surface area contributed by atoms with Crippen LogP contribution >= 0.6 is 27.3 Å². The third kappa shape index (κ3) is 3.99. The first-order valence-electron chi connectivity index (χ1n) is 7.15. The third-order valence-electron chi connectivity index (χ3n) is 3.41. The number of benzene rings is 2. The Labute approximate surface area is 156 Å². The van der Waals surface area contributed by atoms with Crippen molar-refractivity contribution in [2.24, 2.45) is 0 Å². The molecule has 0 saturated heterocycles. The molecule has 0 amide bonds. The summed E-state index contributed by atoms with van der Waals surface area (Å²) >= 11 is 4.78. The van der Waals surface area contributed by atoms with Crippen molar-refractivity contribution >= 4 is 44.6 Å². The van der Waals surface area contributed by atoms with Crippen molar-refractivity contribution in [3.8, 4) is 17.3 Å². The van der Waals surface area contributed by atoms with Gasteiger partial charge < -0.3 is 0 Å². The van der Waals surface area contributed by atoms with Crippen molar-refractivity contribution in [1.82, 2.24) is 4.98 Å². The predicted octanol–water partition coefficient (Wildman–Crippen LogP) is 5.54. The molecule has 0 aliphatic heterocycles. The molecule has 3 rings (SSSR count). The van der Waals surface area contributed by atoms with Crippen LogP contribution in [-0.2, 0) is 0 Å². The minimum atomic E-state index is -0.454. The maximum atomic E-state index is 10.7. The number of aromatic nitrogens is 1. The molecule has 122 valence electrons. The molecule has 2 aromatic carbocycles. The summed E-state index contributed by atoms with van der Waals surface area (Å²) in [5, 5.41) is 22.6. The zero-order valence-corrected chi connectivity index (χ0v) is 15.1. The van der Waals surface area contributed by atoms with Crippen LogP contribution in [0.4, 0.5) is 5.69 Å². The molecule has 25 heavy (non-hydrogen) atoms. The number of thiazole rings is 1. The van der Waals surface area contributed by atoms with E-state index >= 15 is 0 Å². The highest BCUT2D eigenvalue weighted by Crippen LogP contribution is 2.28. The summed E-state index contributed by atoms with van der Waals surface area (Å²) in [6, 6.07) is 16.0. The molecular formula is C18H10BrN3O2S. The van der Waals surface area contributed by atoms with Crippen LogP contribution in [0.5, 0.6) is 0 Å². The summed E-state index contributed by atoms with van der Waals surface area (Å²) in [7, 11) is 0. The summed E-state index contributed by atoms with van der Waals surface area (Å²) in [5.41, 5.74) is 2.92. The van der Waals surface area contributed by atoms with Gasteiger partial charge >= 0.3 is 0 Å². The van der Waals surface area contributed by atoms with Crippen LogP contribution in [0.25, 0.3) is 22.9 Å². The van der Waals surface area contributed by atoms with E-state index in [0.29, 0.717) is 16.1 Å². The highest BCUT2D eigenvalue weighted by atomic mass is 79.9. The first-order valence-corrected chi connectivity index (χ1v) is 8.82. The maximum Gasteiger partial charge on any atom is 0.269 e. The molecular weight excluding hydrogens is 402 g/mol. The normalized spacial score (nSPS) is 11.1. The summed E-state index contributed by atoms with van der Waals surface area (Å²) in [6.07, 6.45) is 1.67. The van der Waals surface area contributed by atoms with Gasteiger partial charge in [0.25, 0.3) is 5.69 Å². The number of allylic oxidation sites excluding steroid dienone is 1.